The van der Waals surface area contributed by atoms with E-state index < -0.39 is 0 Å². The van der Waals surface area contributed by atoms with E-state index in [0.717, 1.165) is 10.4 Å². The van der Waals surface area contributed by atoms with Gasteiger partial charge in [-0.15, -0.1) is 11.3 Å². The summed E-state index contributed by atoms with van der Waals surface area (Å²) in [6.45, 7) is 0. The highest BCUT2D eigenvalue weighted by molar-refractivity contribution is 7.11. The number of allylic oxidation sites excluding steroid dienone is 1. The van der Waals surface area contributed by atoms with Crippen molar-refractivity contribution in [3.63, 3.8) is 0 Å². The molecular formula is C14H10ClNOS. The molecule has 0 saturated heterocycles. The molecule has 0 atom stereocenters. The second kappa shape index (κ2) is 5.72. The molecule has 1 aromatic heterocycles. The maximum absolute atomic E-state index is 9.16. The molecule has 0 unspecified atom stereocenters. The zero-order chi connectivity index (χ0) is 13.0. The second-order valence-corrected chi connectivity index (χ2v) is 4.90. The van der Waals surface area contributed by atoms with Gasteiger partial charge in [-0.3, -0.25) is 0 Å². The fourth-order valence-corrected chi connectivity index (χ4v) is 2.49. The van der Waals surface area contributed by atoms with Crippen LogP contribution in [-0.4, -0.2) is 7.11 Å². The molecule has 90 valence electrons. The van der Waals surface area contributed by atoms with Crippen molar-refractivity contribution in [2.75, 3.05) is 7.11 Å². The molecule has 0 aliphatic heterocycles. The summed E-state index contributed by atoms with van der Waals surface area (Å²) in [6.07, 6.45) is 1.82. The lowest BCUT2D eigenvalue weighted by Crippen LogP contribution is -1.84. The van der Waals surface area contributed by atoms with E-state index >= 15 is 0 Å². The molecule has 18 heavy (non-hydrogen) atoms. The summed E-state index contributed by atoms with van der Waals surface area (Å²) in [5.74, 6) is 0.628. The average Bonchev–Trinajstić information content (AvgIpc) is 2.90. The van der Waals surface area contributed by atoms with Crippen LogP contribution in [0.4, 0.5) is 0 Å². The van der Waals surface area contributed by atoms with Crippen molar-refractivity contribution >= 4 is 34.6 Å². The van der Waals surface area contributed by atoms with Crippen molar-refractivity contribution in [1.29, 1.82) is 5.26 Å². The summed E-state index contributed by atoms with van der Waals surface area (Å²) in [5.41, 5.74) is 1.51. The fraction of sp³-hybridized carbons (Fsp3) is 0.0714. The first kappa shape index (κ1) is 12.7. The van der Waals surface area contributed by atoms with Crippen LogP contribution in [0.25, 0.3) is 11.6 Å². The van der Waals surface area contributed by atoms with Crippen LogP contribution >= 0.6 is 22.9 Å². The highest BCUT2D eigenvalue weighted by atomic mass is 35.5. The Bertz CT molecular complexity index is 611. The van der Waals surface area contributed by atoms with E-state index in [-0.39, 0.29) is 0 Å². The van der Waals surface area contributed by atoms with Crippen molar-refractivity contribution in [2.45, 2.75) is 0 Å². The van der Waals surface area contributed by atoms with E-state index in [1.807, 2.05) is 29.7 Å². The third-order valence-corrected chi connectivity index (χ3v) is 3.59. The van der Waals surface area contributed by atoms with Crippen LogP contribution in [0.3, 0.4) is 0 Å². The number of methoxy groups -OCH3 is 1. The van der Waals surface area contributed by atoms with E-state index in [0.29, 0.717) is 16.3 Å². The predicted octanol–water partition coefficient (Wildman–Crippen LogP) is 4.47. The molecule has 0 N–H and O–H groups in total. The van der Waals surface area contributed by atoms with Crippen molar-refractivity contribution in [2.24, 2.45) is 0 Å². The van der Waals surface area contributed by atoms with Gasteiger partial charge in [0, 0.05) is 4.88 Å². The number of rotatable bonds is 3. The third kappa shape index (κ3) is 2.73. The number of halogens is 1. The molecule has 0 aliphatic carbocycles. The Labute approximate surface area is 115 Å². The number of hydrogen-bond acceptors (Lipinski definition) is 3. The molecule has 4 heteroatoms. The van der Waals surface area contributed by atoms with Crippen molar-refractivity contribution in [1.82, 2.24) is 0 Å². The van der Waals surface area contributed by atoms with E-state index in [2.05, 4.69) is 6.07 Å². The van der Waals surface area contributed by atoms with Gasteiger partial charge in [0.15, 0.2) is 0 Å². The topological polar surface area (TPSA) is 33.0 Å². The van der Waals surface area contributed by atoms with E-state index in [4.69, 9.17) is 21.6 Å². The Balaban J connectivity index is 2.38. The van der Waals surface area contributed by atoms with Gasteiger partial charge in [0.05, 0.1) is 17.7 Å². The minimum absolute atomic E-state index is 0.537. The van der Waals surface area contributed by atoms with Crippen LogP contribution in [0.15, 0.2) is 35.7 Å². The first-order chi connectivity index (χ1) is 8.74. The van der Waals surface area contributed by atoms with Gasteiger partial charge in [-0.2, -0.15) is 5.26 Å². The van der Waals surface area contributed by atoms with Crippen LogP contribution < -0.4 is 4.74 Å². The predicted molar refractivity (Wildman–Crippen MR) is 75.8 cm³/mol. The summed E-state index contributed by atoms with van der Waals surface area (Å²) < 4.78 is 5.09. The molecule has 2 aromatic rings. The highest BCUT2D eigenvalue weighted by Crippen LogP contribution is 2.28. The van der Waals surface area contributed by atoms with Gasteiger partial charge >= 0.3 is 0 Å². The summed E-state index contributed by atoms with van der Waals surface area (Å²) in [4.78, 5) is 0.949. The molecular weight excluding hydrogens is 266 g/mol. The van der Waals surface area contributed by atoms with Crippen molar-refractivity contribution < 1.29 is 4.74 Å². The van der Waals surface area contributed by atoms with Crippen molar-refractivity contribution in [3.05, 3.63) is 51.2 Å². The normalized spacial score (nSPS) is 11.1. The van der Waals surface area contributed by atoms with Crippen LogP contribution in [0.1, 0.15) is 10.4 Å². The molecule has 2 nitrogen and oxygen atoms in total. The minimum atomic E-state index is 0.537. The lowest BCUT2D eigenvalue weighted by molar-refractivity contribution is 0.415. The Morgan fingerprint density at radius 1 is 1.44 bits per heavy atom. The molecule has 1 aromatic carbocycles. The number of thiophene rings is 1. The Kier molecular flexibility index (Phi) is 4.03. The van der Waals surface area contributed by atoms with E-state index in [1.165, 1.54) is 11.3 Å². The Hall–Kier alpha value is -1.76. The minimum Gasteiger partial charge on any atom is -0.495 e. The third-order valence-electron chi connectivity index (χ3n) is 2.39. The van der Waals surface area contributed by atoms with Gasteiger partial charge in [-0.05, 0) is 35.2 Å². The smallest absolute Gasteiger partial charge is 0.137 e. The zero-order valence-electron chi connectivity index (χ0n) is 9.68. The first-order valence-electron chi connectivity index (χ1n) is 5.24. The molecule has 0 saturated carbocycles. The summed E-state index contributed by atoms with van der Waals surface area (Å²) in [6, 6.07) is 11.5. The molecule has 0 amide bonds. The van der Waals surface area contributed by atoms with Gasteiger partial charge < -0.3 is 4.74 Å². The number of nitrogens with zero attached hydrogens (tertiary/aromatic N) is 1. The summed E-state index contributed by atoms with van der Waals surface area (Å²) in [7, 11) is 1.57. The van der Waals surface area contributed by atoms with Gasteiger partial charge in [0.25, 0.3) is 0 Å². The SMILES string of the molecule is COc1ccc(/C=C(\C#N)c2cccs2)cc1Cl. The van der Waals surface area contributed by atoms with Crippen LogP contribution in [0, 0.1) is 11.3 Å². The lowest BCUT2D eigenvalue weighted by atomic mass is 10.1. The largest absolute Gasteiger partial charge is 0.495 e. The van der Waals surface area contributed by atoms with Gasteiger partial charge in [0.1, 0.15) is 11.8 Å². The molecule has 0 bridgehead atoms. The van der Waals surface area contributed by atoms with Gasteiger partial charge in [0.2, 0.25) is 0 Å². The number of hydrogen-bond donors (Lipinski definition) is 0. The highest BCUT2D eigenvalue weighted by Gasteiger charge is 2.04. The molecule has 0 aliphatic rings. The van der Waals surface area contributed by atoms with Crippen LogP contribution in [-0.2, 0) is 0 Å². The maximum atomic E-state index is 9.16. The standard InChI is InChI=1S/C14H10ClNOS/c1-17-13-5-4-10(8-12(13)15)7-11(9-16)14-3-2-6-18-14/h2-8H,1H3/b11-7+. The first-order valence-corrected chi connectivity index (χ1v) is 6.49. The molecule has 2 rings (SSSR count). The molecule has 0 radical (unpaired) electrons. The fourth-order valence-electron chi connectivity index (χ4n) is 1.53. The van der Waals surface area contributed by atoms with E-state index in [9.17, 15) is 0 Å². The van der Waals surface area contributed by atoms with E-state index in [1.54, 1.807) is 19.2 Å². The second-order valence-electron chi connectivity index (χ2n) is 3.54. The summed E-state index contributed by atoms with van der Waals surface area (Å²) in [5, 5.41) is 11.6. The van der Waals surface area contributed by atoms with Crippen LogP contribution in [0.2, 0.25) is 5.02 Å². The molecule has 1 heterocycles. The van der Waals surface area contributed by atoms with Crippen molar-refractivity contribution in [3.8, 4) is 11.8 Å². The molecule has 0 fully saturated rings. The number of benzene rings is 1. The molecule has 0 spiro atoms. The summed E-state index contributed by atoms with van der Waals surface area (Å²) >= 11 is 7.58. The zero-order valence-corrected chi connectivity index (χ0v) is 11.3. The number of ether oxygens (including phenoxy) is 1. The number of nitriles is 1. The van der Waals surface area contributed by atoms with Gasteiger partial charge in [-0.1, -0.05) is 23.7 Å². The average molecular weight is 276 g/mol. The van der Waals surface area contributed by atoms with Crippen LogP contribution in [0.5, 0.6) is 5.75 Å². The quantitative estimate of drug-likeness (QED) is 0.774. The Morgan fingerprint density at radius 3 is 2.83 bits per heavy atom. The van der Waals surface area contributed by atoms with Gasteiger partial charge in [-0.25, -0.2) is 0 Å². The lowest BCUT2D eigenvalue weighted by Gasteiger charge is -2.03. The monoisotopic (exact) mass is 275 g/mol. The maximum Gasteiger partial charge on any atom is 0.137 e. The Morgan fingerprint density at radius 2 is 2.28 bits per heavy atom.